The van der Waals surface area contributed by atoms with Gasteiger partial charge in [-0.15, -0.1) is 0 Å². The van der Waals surface area contributed by atoms with Crippen LogP contribution >= 0.6 is 17.8 Å². The van der Waals surface area contributed by atoms with Gasteiger partial charge in [0.2, 0.25) is 0 Å². The molecule has 0 amide bonds. The summed E-state index contributed by atoms with van der Waals surface area (Å²) in [6.07, 6.45) is 0. The predicted molar refractivity (Wildman–Crippen MR) is 54.0 cm³/mol. The van der Waals surface area contributed by atoms with Crippen LogP contribution in [-0.4, -0.2) is 16.1 Å². The van der Waals surface area contributed by atoms with Crippen LogP contribution in [0.2, 0.25) is 4.44 Å². The minimum atomic E-state index is -2.82. The fourth-order valence-corrected chi connectivity index (χ4v) is 5.68. The van der Waals surface area contributed by atoms with Crippen molar-refractivity contribution in [3.8, 4) is 0 Å². The quantitative estimate of drug-likeness (QED) is 0.736. The van der Waals surface area contributed by atoms with E-state index in [1.807, 2.05) is 30.3 Å². The van der Waals surface area contributed by atoms with E-state index >= 15 is 0 Å². The molecule has 60 valence electrons. The first-order chi connectivity index (χ1) is 5.17. The molecule has 0 spiro atoms. The van der Waals surface area contributed by atoms with Crippen molar-refractivity contribution in [1.29, 1.82) is 0 Å². The van der Waals surface area contributed by atoms with Gasteiger partial charge in [0.05, 0.1) is 0 Å². The first-order valence-corrected chi connectivity index (χ1v) is 14.3. The molecular weight excluding hydrogens is 286 g/mol. The van der Waals surface area contributed by atoms with Gasteiger partial charge in [0, 0.05) is 0 Å². The number of hydrogen-bond donors (Lipinski definition) is 0. The summed E-state index contributed by atoms with van der Waals surface area (Å²) in [7, 11) is 12.4. The Bertz CT molecular complexity index is 221. The van der Waals surface area contributed by atoms with Crippen molar-refractivity contribution < 1.29 is 0 Å². The summed E-state index contributed by atoms with van der Waals surface area (Å²) in [6.45, 7) is 2.06. The molecule has 11 heavy (non-hydrogen) atoms. The summed E-state index contributed by atoms with van der Waals surface area (Å²) in [5.41, 5.74) is 0. The summed E-state index contributed by atoms with van der Waals surface area (Å²) in [5.74, 6) is 0. The predicted octanol–water partition coefficient (Wildman–Crippen LogP) is 2.83. The van der Waals surface area contributed by atoms with Crippen molar-refractivity contribution in [2.24, 2.45) is 0 Å². The second-order valence-corrected chi connectivity index (χ2v) is 20.1. The molecular formula is C8H10Cl2Sn. The number of rotatable bonds is 2. The SMILES string of the molecule is C[CH2][Sn]([Cl])([Cl])[c]1ccccc1. The van der Waals surface area contributed by atoms with Crippen LogP contribution in [0, 0.1) is 0 Å². The molecule has 1 aromatic rings. The number of halogens is 2. The van der Waals surface area contributed by atoms with E-state index in [1.165, 1.54) is 3.58 Å². The van der Waals surface area contributed by atoms with Crippen molar-refractivity contribution in [1.82, 2.24) is 0 Å². The minimum absolute atomic E-state index is 0.932. The normalized spacial score (nSPS) is 11.5. The molecule has 0 atom stereocenters. The van der Waals surface area contributed by atoms with Crippen LogP contribution in [0.25, 0.3) is 0 Å². The van der Waals surface area contributed by atoms with E-state index < -0.39 is 16.1 Å². The molecule has 0 heterocycles. The third-order valence-electron chi connectivity index (χ3n) is 1.64. The molecule has 0 aromatic heterocycles. The van der Waals surface area contributed by atoms with Crippen LogP contribution < -0.4 is 3.58 Å². The first kappa shape index (κ1) is 9.68. The molecule has 1 rings (SSSR count). The third kappa shape index (κ3) is 2.53. The molecule has 0 saturated heterocycles. The average molecular weight is 296 g/mol. The molecule has 3 heteroatoms. The fourth-order valence-electron chi connectivity index (χ4n) is 0.886. The Kier molecular flexibility index (Phi) is 3.53. The maximum absolute atomic E-state index is 6.22. The molecule has 0 radical (unpaired) electrons. The van der Waals surface area contributed by atoms with E-state index in [2.05, 4.69) is 6.92 Å². The van der Waals surface area contributed by atoms with Gasteiger partial charge in [-0.3, -0.25) is 0 Å². The second-order valence-electron chi connectivity index (χ2n) is 2.42. The van der Waals surface area contributed by atoms with Crippen molar-refractivity contribution in [2.75, 3.05) is 0 Å². The fraction of sp³-hybridized carbons (Fsp3) is 0.250. The Balaban J connectivity index is 2.93. The van der Waals surface area contributed by atoms with Crippen LogP contribution in [0.4, 0.5) is 0 Å². The standard InChI is InChI=1S/C6H5.C2H5.2ClH.Sn/c1-2-4-6-5-3-1;1-2;;;/h1-5H;1H2,2H3;2*1H;/q;;;;+2/p-2. The van der Waals surface area contributed by atoms with Crippen LogP contribution in [0.15, 0.2) is 30.3 Å². The van der Waals surface area contributed by atoms with E-state index in [9.17, 15) is 0 Å². The van der Waals surface area contributed by atoms with Crippen molar-refractivity contribution >= 4 is 37.5 Å². The van der Waals surface area contributed by atoms with E-state index in [-0.39, 0.29) is 0 Å². The number of hydrogen-bond acceptors (Lipinski definition) is 0. The summed E-state index contributed by atoms with van der Waals surface area (Å²) in [5, 5.41) is 0. The van der Waals surface area contributed by atoms with Crippen LogP contribution in [-0.2, 0) is 0 Å². The van der Waals surface area contributed by atoms with Gasteiger partial charge >= 0.3 is 79.2 Å². The van der Waals surface area contributed by atoms with Crippen LogP contribution in [0.1, 0.15) is 6.92 Å². The molecule has 0 aliphatic carbocycles. The van der Waals surface area contributed by atoms with E-state index in [4.69, 9.17) is 17.8 Å². The number of benzene rings is 1. The Morgan fingerprint density at radius 3 is 2.18 bits per heavy atom. The molecule has 0 saturated carbocycles. The maximum atomic E-state index is 6.22. The van der Waals surface area contributed by atoms with Gasteiger partial charge in [-0.1, -0.05) is 0 Å². The Morgan fingerprint density at radius 2 is 1.73 bits per heavy atom. The Labute approximate surface area is 78.8 Å². The van der Waals surface area contributed by atoms with Crippen LogP contribution in [0.3, 0.4) is 0 Å². The summed E-state index contributed by atoms with van der Waals surface area (Å²) in [4.78, 5) is 0. The molecule has 0 aliphatic heterocycles. The monoisotopic (exact) mass is 296 g/mol. The van der Waals surface area contributed by atoms with Gasteiger partial charge in [-0.2, -0.15) is 0 Å². The third-order valence-corrected chi connectivity index (χ3v) is 14.1. The zero-order chi connectivity index (χ0) is 8.32. The van der Waals surface area contributed by atoms with E-state index in [0.717, 1.165) is 4.44 Å². The molecule has 0 aliphatic rings. The molecule has 0 bridgehead atoms. The van der Waals surface area contributed by atoms with Gasteiger partial charge in [0.15, 0.2) is 0 Å². The zero-order valence-corrected chi connectivity index (χ0v) is 10.7. The Morgan fingerprint density at radius 1 is 1.18 bits per heavy atom. The summed E-state index contributed by atoms with van der Waals surface area (Å²) >= 11 is -2.82. The van der Waals surface area contributed by atoms with Gasteiger partial charge in [-0.25, -0.2) is 0 Å². The van der Waals surface area contributed by atoms with Crippen molar-refractivity contribution in [3.63, 3.8) is 0 Å². The summed E-state index contributed by atoms with van der Waals surface area (Å²) < 4.78 is 2.11. The van der Waals surface area contributed by atoms with Gasteiger partial charge in [0.1, 0.15) is 0 Å². The zero-order valence-electron chi connectivity index (χ0n) is 6.35. The van der Waals surface area contributed by atoms with Gasteiger partial charge in [0.25, 0.3) is 0 Å². The summed E-state index contributed by atoms with van der Waals surface area (Å²) in [6, 6.07) is 10.0. The van der Waals surface area contributed by atoms with E-state index in [0.29, 0.717) is 0 Å². The molecule has 1 aromatic carbocycles. The van der Waals surface area contributed by atoms with Gasteiger partial charge < -0.3 is 0 Å². The molecule has 0 fully saturated rings. The van der Waals surface area contributed by atoms with Crippen molar-refractivity contribution in [3.05, 3.63) is 30.3 Å². The Hall–Kier alpha value is 0.599. The van der Waals surface area contributed by atoms with E-state index in [1.54, 1.807) is 0 Å². The molecule has 0 N–H and O–H groups in total. The topological polar surface area (TPSA) is 0 Å². The molecule has 0 nitrogen and oxygen atoms in total. The van der Waals surface area contributed by atoms with Crippen molar-refractivity contribution in [2.45, 2.75) is 11.4 Å². The van der Waals surface area contributed by atoms with Crippen LogP contribution in [0.5, 0.6) is 0 Å². The average Bonchev–Trinajstić information content (AvgIpc) is 2.06. The first-order valence-electron chi connectivity index (χ1n) is 3.60. The second kappa shape index (κ2) is 4.01. The molecule has 0 unspecified atom stereocenters. The van der Waals surface area contributed by atoms with Gasteiger partial charge in [-0.05, 0) is 0 Å².